The summed E-state index contributed by atoms with van der Waals surface area (Å²) in [5, 5.41) is 18.5. The third-order valence-corrected chi connectivity index (χ3v) is 4.36. The second-order valence-electron chi connectivity index (χ2n) is 6.68. The van der Waals surface area contributed by atoms with Crippen LogP contribution in [0.1, 0.15) is 19.4 Å². The lowest BCUT2D eigenvalue weighted by molar-refractivity contribution is -0.131. The zero-order valence-corrected chi connectivity index (χ0v) is 16.1. The minimum absolute atomic E-state index is 0.0761. The fraction of sp³-hybridized carbons (Fsp3) is 0.500. The Morgan fingerprint density at radius 1 is 1.22 bits per heavy atom. The summed E-state index contributed by atoms with van der Waals surface area (Å²) >= 11 is 0. The number of aldehydes is 1. The number of carboxylic acids is 1. The topological polar surface area (TPSA) is 99.7 Å². The Hall–Kier alpha value is -2.06. The Balaban J connectivity index is 2.49. The molecule has 150 valence electrons. The van der Waals surface area contributed by atoms with E-state index in [4.69, 9.17) is 9.84 Å². The Bertz CT molecular complexity index is 576. The molecular formula is C20H31N3O4. The van der Waals surface area contributed by atoms with Crippen LogP contribution < -0.4 is 16.0 Å². The summed E-state index contributed by atoms with van der Waals surface area (Å²) in [5.74, 6) is -0.941. The minimum atomic E-state index is -0.941. The molecule has 1 atom stereocenters. The van der Waals surface area contributed by atoms with Gasteiger partial charge in [-0.05, 0) is 5.56 Å². The average molecular weight is 377 g/mol. The van der Waals surface area contributed by atoms with Gasteiger partial charge in [0.05, 0.1) is 6.73 Å². The fourth-order valence-corrected chi connectivity index (χ4v) is 2.69. The summed E-state index contributed by atoms with van der Waals surface area (Å²) in [6, 6.07) is 10.4. The quantitative estimate of drug-likeness (QED) is 0.156. The van der Waals surface area contributed by atoms with Gasteiger partial charge in [-0.15, -0.1) is 0 Å². The fourth-order valence-electron chi connectivity index (χ4n) is 2.69. The molecule has 0 amide bonds. The van der Waals surface area contributed by atoms with E-state index in [1.165, 1.54) is 5.56 Å². The van der Waals surface area contributed by atoms with E-state index < -0.39 is 5.97 Å². The second-order valence-corrected chi connectivity index (χ2v) is 6.68. The van der Waals surface area contributed by atoms with Gasteiger partial charge in [0.2, 0.25) is 0 Å². The highest BCUT2D eigenvalue weighted by molar-refractivity contribution is 5.79. The van der Waals surface area contributed by atoms with E-state index in [0.717, 1.165) is 32.0 Å². The van der Waals surface area contributed by atoms with Gasteiger partial charge in [-0.25, -0.2) is 4.79 Å². The van der Waals surface area contributed by atoms with E-state index in [1.54, 1.807) is 6.08 Å². The molecule has 0 aromatic heterocycles. The predicted octanol–water partition coefficient (Wildman–Crippen LogP) is 0.915. The van der Waals surface area contributed by atoms with Crippen LogP contribution in [0.5, 0.6) is 0 Å². The molecule has 0 saturated carbocycles. The monoisotopic (exact) mass is 377 g/mol. The Morgan fingerprint density at radius 2 is 1.93 bits per heavy atom. The normalized spacial score (nSPS) is 13.0. The molecule has 1 aromatic rings. The van der Waals surface area contributed by atoms with Gasteiger partial charge in [-0.3, -0.25) is 5.32 Å². The van der Waals surface area contributed by atoms with Gasteiger partial charge in [-0.1, -0.05) is 50.3 Å². The number of carbonyl (C=O) groups is 2. The number of ether oxygens (including phenoxy) is 1. The molecule has 0 radical (unpaired) electrons. The molecule has 7 heteroatoms. The van der Waals surface area contributed by atoms with Gasteiger partial charge in [0.1, 0.15) is 12.9 Å². The van der Waals surface area contributed by atoms with Crippen molar-refractivity contribution in [2.75, 3.05) is 39.5 Å². The minimum Gasteiger partial charge on any atom is -0.478 e. The summed E-state index contributed by atoms with van der Waals surface area (Å²) in [5.41, 5.74) is 1.08. The van der Waals surface area contributed by atoms with E-state index in [2.05, 4.69) is 41.9 Å². The highest BCUT2D eigenvalue weighted by Gasteiger charge is 2.30. The highest BCUT2D eigenvalue weighted by Crippen LogP contribution is 2.26. The van der Waals surface area contributed by atoms with Crippen molar-refractivity contribution in [2.45, 2.75) is 25.3 Å². The van der Waals surface area contributed by atoms with Crippen molar-refractivity contribution in [1.29, 1.82) is 0 Å². The summed E-state index contributed by atoms with van der Waals surface area (Å²) in [7, 11) is 0. The molecule has 0 aliphatic heterocycles. The van der Waals surface area contributed by atoms with E-state index in [9.17, 15) is 9.59 Å². The molecule has 7 nitrogen and oxygen atoms in total. The first kappa shape index (κ1) is 23.0. The first-order valence-corrected chi connectivity index (χ1v) is 9.09. The molecule has 0 bridgehead atoms. The molecule has 0 heterocycles. The number of benzene rings is 1. The van der Waals surface area contributed by atoms with Gasteiger partial charge in [0.15, 0.2) is 0 Å². The van der Waals surface area contributed by atoms with Gasteiger partial charge in [0.25, 0.3) is 0 Å². The van der Waals surface area contributed by atoms with Crippen molar-refractivity contribution in [3.63, 3.8) is 0 Å². The SMILES string of the molecule is CC(C)(c1ccccc1)C(CNCCNCC=CC(=O)O)NCOCC=O. The number of rotatable bonds is 15. The van der Waals surface area contributed by atoms with Crippen LogP contribution >= 0.6 is 0 Å². The standard InChI is InChI=1S/C20H31N3O4/c1-20(2,17-7-4-3-5-8-17)18(23-16-27-14-13-24)15-22-12-11-21-10-6-9-19(25)26/h3-9,13,18,21-23H,10-12,14-16H2,1-2H3,(H,25,26). The van der Waals surface area contributed by atoms with Crippen LogP contribution in [-0.2, 0) is 19.7 Å². The summed E-state index contributed by atoms with van der Waals surface area (Å²) in [6.45, 7) is 7.45. The van der Waals surface area contributed by atoms with Crippen molar-refractivity contribution in [1.82, 2.24) is 16.0 Å². The van der Waals surface area contributed by atoms with Crippen LogP contribution in [0.25, 0.3) is 0 Å². The van der Waals surface area contributed by atoms with E-state index in [0.29, 0.717) is 13.3 Å². The third kappa shape index (κ3) is 9.44. The molecule has 1 aromatic carbocycles. The lowest BCUT2D eigenvalue weighted by Crippen LogP contribution is -2.52. The van der Waals surface area contributed by atoms with E-state index in [1.807, 2.05) is 18.2 Å². The average Bonchev–Trinajstić information content (AvgIpc) is 2.65. The predicted molar refractivity (Wildman–Crippen MR) is 106 cm³/mol. The Kier molecular flexibility index (Phi) is 11.2. The number of aliphatic carboxylic acids is 1. The van der Waals surface area contributed by atoms with Gasteiger partial charge in [0, 0.05) is 43.7 Å². The van der Waals surface area contributed by atoms with Crippen molar-refractivity contribution < 1.29 is 19.4 Å². The first-order chi connectivity index (χ1) is 13.0. The van der Waals surface area contributed by atoms with Crippen LogP contribution in [-0.4, -0.2) is 62.9 Å². The molecule has 0 fully saturated rings. The van der Waals surface area contributed by atoms with E-state index >= 15 is 0 Å². The van der Waals surface area contributed by atoms with Crippen LogP contribution in [0.4, 0.5) is 0 Å². The number of hydrogen-bond donors (Lipinski definition) is 4. The molecule has 0 aliphatic carbocycles. The maximum atomic E-state index is 10.4. The Morgan fingerprint density at radius 3 is 2.59 bits per heavy atom. The molecule has 27 heavy (non-hydrogen) atoms. The van der Waals surface area contributed by atoms with Crippen LogP contribution in [0.15, 0.2) is 42.5 Å². The summed E-state index contributed by atoms with van der Waals surface area (Å²) in [4.78, 5) is 20.8. The number of hydrogen-bond acceptors (Lipinski definition) is 6. The molecule has 0 aliphatic rings. The zero-order valence-electron chi connectivity index (χ0n) is 16.1. The smallest absolute Gasteiger partial charge is 0.328 e. The zero-order chi connectivity index (χ0) is 20.0. The summed E-state index contributed by atoms with van der Waals surface area (Å²) < 4.78 is 5.26. The van der Waals surface area contributed by atoms with Crippen LogP contribution in [0.2, 0.25) is 0 Å². The lowest BCUT2D eigenvalue weighted by Gasteiger charge is -2.36. The Labute approximate surface area is 161 Å². The van der Waals surface area contributed by atoms with Crippen LogP contribution in [0.3, 0.4) is 0 Å². The van der Waals surface area contributed by atoms with Crippen molar-refractivity contribution >= 4 is 12.3 Å². The lowest BCUT2D eigenvalue weighted by atomic mass is 9.77. The molecule has 1 unspecified atom stereocenters. The maximum absolute atomic E-state index is 10.4. The van der Waals surface area contributed by atoms with Gasteiger partial charge in [-0.2, -0.15) is 0 Å². The molecule has 4 N–H and O–H groups in total. The largest absolute Gasteiger partial charge is 0.478 e. The van der Waals surface area contributed by atoms with Crippen molar-refractivity contribution in [2.24, 2.45) is 0 Å². The number of nitrogens with one attached hydrogen (secondary N) is 3. The van der Waals surface area contributed by atoms with Gasteiger partial charge >= 0.3 is 5.97 Å². The maximum Gasteiger partial charge on any atom is 0.328 e. The highest BCUT2D eigenvalue weighted by atomic mass is 16.5. The first-order valence-electron chi connectivity index (χ1n) is 9.09. The molecule has 1 rings (SSSR count). The second kappa shape index (κ2) is 13.2. The van der Waals surface area contributed by atoms with E-state index in [-0.39, 0.29) is 18.1 Å². The molecular weight excluding hydrogens is 346 g/mol. The molecule has 0 spiro atoms. The van der Waals surface area contributed by atoms with Crippen molar-refractivity contribution in [3.05, 3.63) is 48.0 Å². The number of carbonyl (C=O) groups excluding carboxylic acids is 1. The third-order valence-electron chi connectivity index (χ3n) is 4.36. The molecule has 0 saturated heterocycles. The summed E-state index contributed by atoms with van der Waals surface area (Å²) in [6.07, 6.45) is 3.44. The van der Waals surface area contributed by atoms with Gasteiger partial charge < -0.3 is 25.3 Å². The number of carboxylic acid groups (broad SMARTS) is 1. The van der Waals surface area contributed by atoms with Crippen LogP contribution in [0, 0.1) is 0 Å². The van der Waals surface area contributed by atoms with Crippen molar-refractivity contribution in [3.8, 4) is 0 Å².